The van der Waals surface area contributed by atoms with E-state index >= 15 is 0 Å². The Morgan fingerprint density at radius 2 is 2.05 bits per heavy atom. The maximum atomic E-state index is 10.8. The minimum Gasteiger partial charge on any atom is -0.378 e. The Morgan fingerprint density at radius 3 is 2.62 bits per heavy atom. The van der Waals surface area contributed by atoms with Gasteiger partial charge in [-0.05, 0) is 12.0 Å². The van der Waals surface area contributed by atoms with Crippen molar-refractivity contribution >= 4 is 17.5 Å². The van der Waals surface area contributed by atoms with Crippen LogP contribution in [0.2, 0.25) is 0 Å². The molecule has 0 saturated heterocycles. The highest BCUT2D eigenvalue weighted by molar-refractivity contribution is 5.53. The number of benzene rings is 1. The molecule has 0 aliphatic rings. The summed E-state index contributed by atoms with van der Waals surface area (Å²) in [6.07, 6.45) is 2.07. The molecule has 1 aromatic heterocycles. The Labute approximate surface area is 122 Å². The third-order valence-electron chi connectivity index (χ3n) is 2.97. The van der Waals surface area contributed by atoms with Crippen LogP contribution in [0.15, 0.2) is 36.5 Å². The van der Waals surface area contributed by atoms with Gasteiger partial charge in [-0.3, -0.25) is 10.1 Å². The van der Waals surface area contributed by atoms with Crippen molar-refractivity contribution in [2.45, 2.75) is 19.9 Å². The summed E-state index contributed by atoms with van der Waals surface area (Å²) >= 11 is 0. The fourth-order valence-electron chi connectivity index (χ4n) is 2.00. The van der Waals surface area contributed by atoms with E-state index in [1.54, 1.807) is 0 Å². The normalized spacial score (nSPS) is 10.3. The number of hydrogen-bond acceptors (Lipinski definition) is 6. The molecule has 1 aromatic carbocycles. The van der Waals surface area contributed by atoms with Crippen molar-refractivity contribution in [3.63, 3.8) is 0 Å². The fourth-order valence-corrected chi connectivity index (χ4v) is 2.00. The van der Waals surface area contributed by atoms with Crippen molar-refractivity contribution in [3.05, 3.63) is 52.2 Å². The number of rotatable bonds is 6. The summed E-state index contributed by atoms with van der Waals surface area (Å²) in [5.41, 5.74) is 6.48. The molecule has 0 fully saturated rings. The van der Waals surface area contributed by atoms with Crippen LogP contribution in [0.25, 0.3) is 0 Å². The zero-order chi connectivity index (χ0) is 15.2. The van der Waals surface area contributed by atoms with Gasteiger partial charge in [-0.1, -0.05) is 37.3 Å². The van der Waals surface area contributed by atoms with Gasteiger partial charge in [0, 0.05) is 13.1 Å². The number of nitrogens with two attached hydrogens (primary N) is 1. The smallest absolute Gasteiger partial charge is 0.329 e. The van der Waals surface area contributed by atoms with E-state index in [0.717, 1.165) is 24.7 Å². The average Bonchev–Trinajstić information content (AvgIpc) is 2.47. The predicted octanol–water partition coefficient (Wildman–Crippen LogP) is 2.38. The van der Waals surface area contributed by atoms with Crippen molar-refractivity contribution < 1.29 is 4.92 Å². The molecule has 0 radical (unpaired) electrons. The van der Waals surface area contributed by atoms with Gasteiger partial charge >= 0.3 is 5.69 Å². The maximum absolute atomic E-state index is 10.8. The van der Waals surface area contributed by atoms with Gasteiger partial charge < -0.3 is 10.6 Å². The lowest BCUT2D eigenvalue weighted by molar-refractivity contribution is -0.384. The lowest BCUT2D eigenvalue weighted by atomic mass is 10.2. The standard InChI is InChI=1S/C14H17N5O2/c1-2-8-18(10-11-6-4-3-5-7-11)14-16-9-12(19(20)21)13(15)17-14/h3-7,9H,2,8,10H2,1H3,(H2,15,16,17). The van der Waals surface area contributed by atoms with Crippen LogP contribution in [0.3, 0.4) is 0 Å². The second-order valence-electron chi connectivity index (χ2n) is 4.60. The van der Waals surface area contributed by atoms with Crippen molar-refractivity contribution in [3.8, 4) is 0 Å². The van der Waals surface area contributed by atoms with Gasteiger partial charge in [0.05, 0.1) is 4.92 Å². The lowest BCUT2D eigenvalue weighted by Crippen LogP contribution is -2.26. The van der Waals surface area contributed by atoms with E-state index in [0.29, 0.717) is 12.5 Å². The Bertz CT molecular complexity index is 618. The third kappa shape index (κ3) is 3.65. The van der Waals surface area contributed by atoms with Gasteiger partial charge in [-0.2, -0.15) is 4.98 Å². The minimum absolute atomic E-state index is 0.112. The summed E-state index contributed by atoms with van der Waals surface area (Å²) in [5.74, 6) is 0.294. The molecule has 0 amide bonds. The first-order valence-electron chi connectivity index (χ1n) is 6.67. The summed E-state index contributed by atoms with van der Waals surface area (Å²) in [6, 6.07) is 9.90. The number of hydrogen-bond donors (Lipinski definition) is 1. The second-order valence-corrected chi connectivity index (χ2v) is 4.60. The van der Waals surface area contributed by atoms with Gasteiger partial charge in [0.25, 0.3) is 0 Å². The van der Waals surface area contributed by atoms with Gasteiger partial charge in [-0.25, -0.2) is 4.98 Å². The Morgan fingerprint density at radius 1 is 1.33 bits per heavy atom. The topological polar surface area (TPSA) is 98.2 Å². The zero-order valence-electron chi connectivity index (χ0n) is 11.8. The monoisotopic (exact) mass is 287 g/mol. The number of aromatic nitrogens is 2. The first-order chi connectivity index (χ1) is 10.1. The quantitative estimate of drug-likeness (QED) is 0.647. The molecular formula is C14H17N5O2. The molecule has 0 saturated carbocycles. The molecule has 21 heavy (non-hydrogen) atoms. The first kappa shape index (κ1) is 14.7. The van der Waals surface area contributed by atoms with Gasteiger partial charge in [0.2, 0.25) is 11.8 Å². The van der Waals surface area contributed by atoms with E-state index in [1.165, 1.54) is 0 Å². The van der Waals surface area contributed by atoms with Crippen LogP contribution in [-0.2, 0) is 6.54 Å². The van der Waals surface area contributed by atoms with E-state index in [9.17, 15) is 10.1 Å². The van der Waals surface area contributed by atoms with Crippen LogP contribution in [0.1, 0.15) is 18.9 Å². The summed E-state index contributed by atoms with van der Waals surface area (Å²) < 4.78 is 0. The van der Waals surface area contributed by atoms with E-state index in [2.05, 4.69) is 9.97 Å². The molecule has 2 rings (SSSR count). The predicted molar refractivity (Wildman–Crippen MR) is 80.9 cm³/mol. The lowest BCUT2D eigenvalue weighted by Gasteiger charge is -2.22. The molecule has 0 aliphatic carbocycles. The first-order valence-corrected chi connectivity index (χ1v) is 6.67. The summed E-state index contributed by atoms with van der Waals surface area (Å²) in [7, 11) is 0. The minimum atomic E-state index is -0.583. The van der Waals surface area contributed by atoms with Crippen LogP contribution >= 0.6 is 0 Å². The average molecular weight is 287 g/mol. The van der Waals surface area contributed by atoms with Crippen molar-refractivity contribution in [1.82, 2.24) is 9.97 Å². The van der Waals surface area contributed by atoms with Gasteiger partial charge in [0.15, 0.2) is 0 Å². The summed E-state index contributed by atoms with van der Waals surface area (Å²) in [6.45, 7) is 3.42. The number of nitrogens with zero attached hydrogens (tertiary/aromatic N) is 4. The van der Waals surface area contributed by atoms with Crippen LogP contribution in [0.5, 0.6) is 0 Å². The van der Waals surface area contributed by atoms with E-state index in [-0.39, 0.29) is 11.5 Å². The highest BCUT2D eigenvalue weighted by Gasteiger charge is 2.17. The Hall–Kier alpha value is -2.70. The SMILES string of the molecule is CCCN(Cc1ccccc1)c1ncc([N+](=O)[O-])c(N)n1. The van der Waals surface area contributed by atoms with Crippen molar-refractivity contribution in [2.24, 2.45) is 0 Å². The molecule has 0 bridgehead atoms. The molecule has 0 spiro atoms. The molecule has 0 aliphatic heterocycles. The highest BCUT2D eigenvalue weighted by Crippen LogP contribution is 2.21. The second kappa shape index (κ2) is 6.65. The van der Waals surface area contributed by atoms with E-state index in [4.69, 9.17) is 5.73 Å². The van der Waals surface area contributed by atoms with Gasteiger partial charge in [0.1, 0.15) is 6.20 Å². The van der Waals surface area contributed by atoms with Crippen LogP contribution in [-0.4, -0.2) is 21.4 Å². The third-order valence-corrected chi connectivity index (χ3v) is 2.97. The van der Waals surface area contributed by atoms with E-state index < -0.39 is 4.92 Å². The molecular weight excluding hydrogens is 270 g/mol. The van der Waals surface area contributed by atoms with Crippen LogP contribution in [0, 0.1) is 10.1 Å². The van der Waals surface area contributed by atoms with Crippen LogP contribution < -0.4 is 10.6 Å². The molecule has 2 N–H and O–H groups in total. The number of nitrogen functional groups attached to an aromatic ring is 1. The van der Waals surface area contributed by atoms with E-state index in [1.807, 2.05) is 42.2 Å². The molecule has 7 heteroatoms. The molecule has 7 nitrogen and oxygen atoms in total. The van der Waals surface area contributed by atoms with Crippen molar-refractivity contribution in [2.75, 3.05) is 17.2 Å². The van der Waals surface area contributed by atoms with Gasteiger partial charge in [-0.15, -0.1) is 0 Å². The number of anilines is 2. The molecule has 0 atom stereocenters. The fraction of sp³-hybridized carbons (Fsp3) is 0.286. The largest absolute Gasteiger partial charge is 0.378 e. The molecule has 0 unspecified atom stereocenters. The Kier molecular flexibility index (Phi) is 4.65. The van der Waals surface area contributed by atoms with Crippen LogP contribution in [0.4, 0.5) is 17.5 Å². The molecule has 1 heterocycles. The maximum Gasteiger partial charge on any atom is 0.329 e. The highest BCUT2D eigenvalue weighted by atomic mass is 16.6. The van der Waals surface area contributed by atoms with Crippen molar-refractivity contribution in [1.29, 1.82) is 0 Å². The molecule has 2 aromatic rings. The summed E-state index contributed by atoms with van der Waals surface area (Å²) in [5, 5.41) is 10.8. The Balaban J connectivity index is 2.26. The molecule has 110 valence electrons. The zero-order valence-corrected chi connectivity index (χ0v) is 11.8. The number of nitro groups is 1. The summed E-state index contributed by atoms with van der Waals surface area (Å²) in [4.78, 5) is 20.3.